The first-order valence-electron chi connectivity index (χ1n) is 6.72. The Labute approximate surface area is 153 Å². The van der Waals surface area contributed by atoms with Gasteiger partial charge in [-0.2, -0.15) is 16.9 Å². The molecule has 0 saturated heterocycles. The van der Waals surface area contributed by atoms with Crippen LogP contribution in [0.15, 0.2) is 17.3 Å². The van der Waals surface area contributed by atoms with E-state index in [-0.39, 0.29) is 36.4 Å². The summed E-state index contributed by atoms with van der Waals surface area (Å²) in [5.74, 6) is 1.63. The fraction of sp³-hybridized carbons (Fsp3) is 0.615. The van der Waals surface area contributed by atoms with Crippen molar-refractivity contribution in [3.8, 4) is 0 Å². The largest absolute Gasteiger partial charge is 0.356 e. The van der Waals surface area contributed by atoms with Crippen LogP contribution in [0.4, 0.5) is 0 Å². The molecular weight excluding hydrogens is 415 g/mol. The number of carbonyl (C=O) groups is 1. The number of nitrogens with zero attached hydrogens (tertiary/aromatic N) is 4. The number of thioether (sulfide) groups is 1. The van der Waals surface area contributed by atoms with E-state index in [1.165, 1.54) is 0 Å². The van der Waals surface area contributed by atoms with Gasteiger partial charge in [0.05, 0.1) is 18.8 Å². The maximum absolute atomic E-state index is 11.6. The van der Waals surface area contributed by atoms with Crippen molar-refractivity contribution in [2.45, 2.75) is 6.54 Å². The van der Waals surface area contributed by atoms with E-state index in [9.17, 15) is 4.79 Å². The van der Waals surface area contributed by atoms with Gasteiger partial charge in [-0.15, -0.1) is 24.0 Å². The summed E-state index contributed by atoms with van der Waals surface area (Å²) >= 11 is 1.76. The second kappa shape index (κ2) is 11.6. The first-order chi connectivity index (χ1) is 10.0. The van der Waals surface area contributed by atoms with Crippen LogP contribution in [0.2, 0.25) is 0 Å². The van der Waals surface area contributed by atoms with E-state index in [4.69, 9.17) is 0 Å². The number of guanidine groups is 1. The summed E-state index contributed by atoms with van der Waals surface area (Å²) in [4.78, 5) is 17.7. The summed E-state index contributed by atoms with van der Waals surface area (Å²) in [6.07, 6.45) is 3.80. The Hall–Kier alpha value is -0.970. The monoisotopic (exact) mass is 440 g/mol. The molecule has 0 aromatic carbocycles. The first-order valence-corrected chi connectivity index (χ1v) is 8.12. The van der Waals surface area contributed by atoms with Gasteiger partial charge in [0.25, 0.3) is 0 Å². The molecular formula is C13H25IN6OS. The molecule has 9 heteroatoms. The lowest BCUT2D eigenvalue weighted by molar-refractivity contribution is -0.127. The zero-order valence-corrected chi connectivity index (χ0v) is 16.6. The summed E-state index contributed by atoms with van der Waals surface area (Å²) in [5.41, 5.74) is 1.01. The highest BCUT2D eigenvalue weighted by Crippen LogP contribution is 1.98. The molecule has 1 heterocycles. The zero-order chi connectivity index (χ0) is 15.7. The molecule has 0 bridgehead atoms. The van der Waals surface area contributed by atoms with Gasteiger partial charge in [0.15, 0.2) is 5.96 Å². The predicted molar refractivity (Wildman–Crippen MR) is 103 cm³/mol. The highest BCUT2D eigenvalue weighted by atomic mass is 127. The van der Waals surface area contributed by atoms with Crippen molar-refractivity contribution in [1.29, 1.82) is 0 Å². The number of rotatable bonds is 7. The molecule has 0 spiro atoms. The van der Waals surface area contributed by atoms with Crippen molar-refractivity contribution in [3.63, 3.8) is 0 Å². The van der Waals surface area contributed by atoms with Crippen molar-refractivity contribution in [1.82, 2.24) is 25.3 Å². The predicted octanol–water partition coefficient (Wildman–Crippen LogP) is 0.525. The Kier molecular flexibility index (Phi) is 11.1. The Morgan fingerprint density at radius 3 is 2.73 bits per heavy atom. The lowest BCUT2D eigenvalue weighted by Gasteiger charge is -2.14. The third-order valence-corrected chi connectivity index (χ3v) is 3.44. The number of aryl methyl sites for hydroxylation is 1. The second-order valence-corrected chi connectivity index (χ2v) is 5.66. The number of hydrogen-bond donors (Lipinski definition) is 2. The zero-order valence-electron chi connectivity index (χ0n) is 13.5. The smallest absolute Gasteiger partial charge is 0.241 e. The molecule has 22 heavy (non-hydrogen) atoms. The number of amides is 1. The standard InChI is InChI=1S/C13H24N6OS.HI/c1-18(2)12(20)10-16-13(14-7-8-21-4)15-9-11-5-6-17-19(11)3;/h5-6H,7-10H2,1-4H3,(H2,14,15,16);1H. The minimum absolute atomic E-state index is 0. The van der Waals surface area contributed by atoms with Gasteiger partial charge in [0.1, 0.15) is 0 Å². The maximum atomic E-state index is 11.6. The molecule has 0 aliphatic heterocycles. The molecule has 0 unspecified atom stereocenters. The molecule has 1 aromatic heterocycles. The van der Waals surface area contributed by atoms with Crippen LogP contribution in [0, 0.1) is 0 Å². The molecule has 7 nitrogen and oxygen atoms in total. The summed E-state index contributed by atoms with van der Waals surface area (Å²) in [7, 11) is 5.35. The van der Waals surface area contributed by atoms with Crippen LogP contribution < -0.4 is 10.6 Å². The second-order valence-electron chi connectivity index (χ2n) is 4.67. The molecule has 0 aliphatic rings. The van der Waals surface area contributed by atoms with E-state index in [1.807, 2.05) is 13.1 Å². The molecule has 1 amide bonds. The highest BCUT2D eigenvalue weighted by molar-refractivity contribution is 14.0. The van der Waals surface area contributed by atoms with Gasteiger partial charge in [-0.05, 0) is 12.3 Å². The topological polar surface area (TPSA) is 74.5 Å². The summed E-state index contributed by atoms with van der Waals surface area (Å²) in [5, 5.41) is 10.4. The molecule has 126 valence electrons. The third-order valence-electron chi connectivity index (χ3n) is 2.83. The fourth-order valence-corrected chi connectivity index (χ4v) is 1.79. The van der Waals surface area contributed by atoms with Crippen LogP contribution in [0.3, 0.4) is 0 Å². The van der Waals surface area contributed by atoms with Crippen molar-refractivity contribution >= 4 is 47.6 Å². The average molecular weight is 440 g/mol. The number of likely N-dealkylation sites (N-methyl/N-ethyl adjacent to an activating group) is 1. The summed E-state index contributed by atoms with van der Waals surface area (Å²) < 4.78 is 1.79. The van der Waals surface area contributed by atoms with Gasteiger partial charge in [-0.1, -0.05) is 0 Å². The van der Waals surface area contributed by atoms with Crippen LogP contribution in [0.1, 0.15) is 5.69 Å². The fourth-order valence-electron chi connectivity index (χ4n) is 1.48. The van der Waals surface area contributed by atoms with Crippen molar-refractivity contribution in [3.05, 3.63) is 18.0 Å². The Morgan fingerprint density at radius 1 is 1.45 bits per heavy atom. The Morgan fingerprint density at radius 2 is 2.18 bits per heavy atom. The molecule has 0 fully saturated rings. The van der Waals surface area contributed by atoms with Crippen LogP contribution in [0.25, 0.3) is 0 Å². The molecule has 1 rings (SSSR count). The maximum Gasteiger partial charge on any atom is 0.241 e. The lowest BCUT2D eigenvalue weighted by Crippen LogP contribution is -2.43. The normalized spacial score (nSPS) is 10.8. The minimum Gasteiger partial charge on any atom is -0.356 e. The van der Waals surface area contributed by atoms with Crippen molar-refractivity contribution in [2.75, 3.05) is 39.2 Å². The van der Waals surface area contributed by atoms with E-state index in [0.29, 0.717) is 12.5 Å². The van der Waals surface area contributed by atoms with Crippen LogP contribution >= 0.6 is 35.7 Å². The number of carbonyl (C=O) groups excluding carboxylic acids is 1. The van der Waals surface area contributed by atoms with E-state index in [2.05, 4.69) is 27.0 Å². The number of aromatic nitrogens is 2. The van der Waals surface area contributed by atoms with Gasteiger partial charge in [0.2, 0.25) is 5.91 Å². The molecule has 0 saturated carbocycles. The van der Waals surface area contributed by atoms with E-state index in [0.717, 1.165) is 18.0 Å². The van der Waals surface area contributed by atoms with Gasteiger partial charge in [-0.25, -0.2) is 4.99 Å². The molecule has 2 N–H and O–H groups in total. The lowest BCUT2D eigenvalue weighted by atomic mass is 10.4. The highest BCUT2D eigenvalue weighted by Gasteiger charge is 2.06. The quantitative estimate of drug-likeness (QED) is 0.280. The van der Waals surface area contributed by atoms with Gasteiger partial charge in [0, 0.05) is 39.6 Å². The molecule has 0 aliphatic carbocycles. The van der Waals surface area contributed by atoms with Crippen LogP contribution in [0.5, 0.6) is 0 Å². The summed E-state index contributed by atoms with van der Waals surface area (Å²) in [6.45, 7) is 1.54. The molecule has 1 aromatic rings. The molecule has 0 radical (unpaired) electrons. The van der Waals surface area contributed by atoms with E-state index >= 15 is 0 Å². The average Bonchev–Trinajstić information content (AvgIpc) is 2.86. The van der Waals surface area contributed by atoms with Gasteiger partial charge >= 0.3 is 0 Å². The first kappa shape index (κ1) is 21.0. The minimum atomic E-state index is 0. The van der Waals surface area contributed by atoms with Gasteiger partial charge in [-0.3, -0.25) is 9.48 Å². The van der Waals surface area contributed by atoms with Gasteiger partial charge < -0.3 is 15.5 Å². The number of aliphatic imine (C=N–C) groups is 1. The third kappa shape index (κ3) is 7.87. The summed E-state index contributed by atoms with van der Waals surface area (Å²) in [6, 6.07) is 1.92. The van der Waals surface area contributed by atoms with E-state index in [1.54, 1.807) is 41.6 Å². The van der Waals surface area contributed by atoms with Crippen molar-refractivity contribution in [2.24, 2.45) is 12.0 Å². The number of halogens is 1. The number of nitrogens with one attached hydrogen (secondary N) is 2. The van der Waals surface area contributed by atoms with Crippen LogP contribution in [-0.4, -0.2) is 65.7 Å². The SMILES string of the molecule is CSCCNC(=NCc1ccnn1C)NCC(=O)N(C)C.I. The Balaban J connectivity index is 0.00000441. The van der Waals surface area contributed by atoms with Crippen LogP contribution in [-0.2, 0) is 18.4 Å². The molecule has 0 atom stereocenters. The Bertz CT molecular complexity index is 477. The number of hydrogen-bond acceptors (Lipinski definition) is 4. The van der Waals surface area contributed by atoms with E-state index < -0.39 is 0 Å². The van der Waals surface area contributed by atoms with Crippen molar-refractivity contribution < 1.29 is 4.79 Å².